The molecule has 0 aliphatic rings. The summed E-state index contributed by atoms with van der Waals surface area (Å²) in [5, 5.41) is 1.76. The normalized spacial score (nSPS) is 10.5. The number of rotatable bonds is 1. The monoisotopic (exact) mass is 230 g/mol. The van der Waals surface area contributed by atoms with Gasteiger partial charge in [0.05, 0.1) is 4.34 Å². The van der Waals surface area contributed by atoms with E-state index in [0.717, 1.165) is 11.6 Å². The molecule has 0 atom stereocenters. The van der Waals surface area contributed by atoms with Crippen molar-refractivity contribution >= 4 is 22.9 Å². The van der Waals surface area contributed by atoms with Gasteiger partial charge in [-0.1, -0.05) is 11.6 Å². The van der Waals surface area contributed by atoms with Gasteiger partial charge < -0.3 is 0 Å². The van der Waals surface area contributed by atoms with Crippen molar-refractivity contribution in [3.63, 3.8) is 0 Å². The third kappa shape index (κ3) is 1.94. The van der Waals surface area contributed by atoms with Crippen molar-refractivity contribution in [3.05, 3.63) is 45.6 Å². The Kier molecular flexibility index (Phi) is 2.52. The van der Waals surface area contributed by atoms with E-state index in [1.807, 2.05) is 0 Å². The largest absolute Gasteiger partial charge is 0.207 e. The lowest BCUT2D eigenvalue weighted by Gasteiger charge is -1.98. The molecule has 2 aromatic rings. The molecule has 0 saturated carbocycles. The van der Waals surface area contributed by atoms with Crippen LogP contribution in [0.25, 0.3) is 11.1 Å². The molecule has 0 spiro atoms. The van der Waals surface area contributed by atoms with Gasteiger partial charge in [0.1, 0.15) is 11.6 Å². The molecule has 14 heavy (non-hydrogen) atoms. The summed E-state index contributed by atoms with van der Waals surface area (Å²) in [4.78, 5) is 0. The van der Waals surface area contributed by atoms with E-state index in [1.165, 1.54) is 23.5 Å². The zero-order valence-electron chi connectivity index (χ0n) is 6.93. The van der Waals surface area contributed by atoms with Crippen molar-refractivity contribution in [1.29, 1.82) is 0 Å². The van der Waals surface area contributed by atoms with Crippen LogP contribution in [0, 0.1) is 11.6 Å². The topological polar surface area (TPSA) is 0 Å². The lowest BCUT2D eigenvalue weighted by atomic mass is 10.1. The Morgan fingerprint density at radius 1 is 0.929 bits per heavy atom. The molecule has 1 aromatic heterocycles. The van der Waals surface area contributed by atoms with Gasteiger partial charge in [-0.2, -0.15) is 0 Å². The molecule has 0 aliphatic carbocycles. The maximum Gasteiger partial charge on any atom is 0.126 e. The maximum absolute atomic E-state index is 12.9. The molecular formula is C10H5ClF2S. The second-order valence-corrected chi connectivity index (χ2v) is 4.34. The number of hydrogen-bond acceptors (Lipinski definition) is 1. The molecule has 0 fully saturated rings. The maximum atomic E-state index is 12.9. The highest BCUT2D eigenvalue weighted by atomic mass is 35.5. The molecule has 0 nitrogen and oxygen atoms in total. The van der Waals surface area contributed by atoms with Crippen LogP contribution in [0.4, 0.5) is 8.78 Å². The Labute approximate surface area is 88.8 Å². The van der Waals surface area contributed by atoms with Crippen LogP contribution in [-0.2, 0) is 0 Å². The van der Waals surface area contributed by atoms with Gasteiger partial charge in [0.15, 0.2) is 0 Å². The summed E-state index contributed by atoms with van der Waals surface area (Å²) in [6.07, 6.45) is 0. The number of thiophene rings is 1. The minimum absolute atomic E-state index is 0.505. The first-order chi connectivity index (χ1) is 6.65. The van der Waals surface area contributed by atoms with Gasteiger partial charge >= 0.3 is 0 Å². The van der Waals surface area contributed by atoms with Crippen molar-refractivity contribution in [2.75, 3.05) is 0 Å². The molecule has 1 heterocycles. The van der Waals surface area contributed by atoms with E-state index in [0.29, 0.717) is 9.90 Å². The molecule has 4 heteroatoms. The van der Waals surface area contributed by atoms with Gasteiger partial charge in [-0.05, 0) is 29.3 Å². The first-order valence-corrected chi connectivity index (χ1v) is 5.11. The summed E-state index contributed by atoms with van der Waals surface area (Å²) in [6, 6.07) is 5.08. The molecule has 72 valence electrons. The first kappa shape index (κ1) is 9.62. The number of hydrogen-bond donors (Lipinski definition) is 0. The zero-order valence-corrected chi connectivity index (χ0v) is 8.50. The highest BCUT2D eigenvalue weighted by Gasteiger charge is 2.04. The zero-order chi connectivity index (χ0) is 10.1. The minimum atomic E-state index is -0.581. The van der Waals surface area contributed by atoms with Crippen molar-refractivity contribution in [1.82, 2.24) is 0 Å². The quantitative estimate of drug-likeness (QED) is 0.683. The van der Waals surface area contributed by atoms with Crippen LogP contribution >= 0.6 is 22.9 Å². The van der Waals surface area contributed by atoms with E-state index in [2.05, 4.69) is 0 Å². The van der Waals surface area contributed by atoms with Crippen molar-refractivity contribution in [3.8, 4) is 11.1 Å². The minimum Gasteiger partial charge on any atom is -0.207 e. The van der Waals surface area contributed by atoms with Crippen LogP contribution in [-0.4, -0.2) is 0 Å². The van der Waals surface area contributed by atoms with Gasteiger partial charge in [0, 0.05) is 11.4 Å². The van der Waals surface area contributed by atoms with E-state index in [1.54, 1.807) is 11.4 Å². The number of halogens is 3. The molecule has 0 N–H and O–H groups in total. The third-order valence-electron chi connectivity index (χ3n) is 1.76. The van der Waals surface area contributed by atoms with E-state index in [9.17, 15) is 8.78 Å². The summed E-state index contributed by atoms with van der Waals surface area (Å²) in [5.41, 5.74) is 1.24. The average molecular weight is 231 g/mol. The van der Waals surface area contributed by atoms with E-state index < -0.39 is 11.6 Å². The lowest BCUT2D eigenvalue weighted by Crippen LogP contribution is -1.81. The molecule has 0 saturated heterocycles. The summed E-state index contributed by atoms with van der Waals surface area (Å²) < 4.78 is 26.3. The molecule has 0 bridgehead atoms. The fourth-order valence-corrected chi connectivity index (χ4v) is 2.07. The molecule has 0 amide bonds. The fourth-order valence-electron chi connectivity index (χ4n) is 1.18. The van der Waals surface area contributed by atoms with Crippen molar-refractivity contribution in [2.24, 2.45) is 0 Å². The summed E-state index contributed by atoms with van der Waals surface area (Å²) in [6.45, 7) is 0. The van der Waals surface area contributed by atoms with Gasteiger partial charge in [-0.15, -0.1) is 11.3 Å². The highest BCUT2D eigenvalue weighted by Crippen LogP contribution is 2.29. The van der Waals surface area contributed by atoms with E-state index in [-0.39, 0.29) is 0 Å². The lowest BCUT2D eigenvalue weighted by molar-refractivity contribution is 0.584. The van der Waals surface area contributed by atoms with Gasteiger partial charge in [0.2, 0.25) is 0 Å². The highest BCUT2D eigenvalue weighted by molar-refractivity contribution is 7.14. The number of benzene rings is 1. The molecule has 0 aliphatic heterocycles. The van der Waals surface area contributed by atoms with E-state index in [4.69, 9.17) is 11.6 Å². The second kappa shape index (κ2) is 3.67. The molecular weight excluding hydrogens is 226 g/mol. The SMILES string of the molecule is Fc1cc(F)cc(-c2csc(Cl)c2)c1. The Hall–Kier alpha value is -0.930. The van der Waals surface area contributed by atoms with Crippen LogP contribution in [0.15, 0.2) is 29.6 Å². The molecule has 2 rings (SSSR count). The van der Waals surface area contributed by atoms with Crippen LogP contribution in [0.3, 0.4) is 0 Å². The summed E-state index contributed by atoms with van der Waals surface area (Å²) in [7, 11) is 0. The molecule has 0 radical (unpaired) electrons. The van der Waals surface area contributed by atoms with Gasteiger partial charge in [0.25, 0.3) is 0 Å². The Morgan fingerprint density at radius 3 is 2.07 bits per heavy atom. The fraction of sp³-hybridized carbons (Fsp3) is 0. The predicted octanol–water partition coefficient (Wildman–Crippen LogP) is 4.35. The van der Waals surface area contributed by atoms with Crippen LogP contribution < -0.4 is 0 Å². The predicted molar refractivity (Wildman–Crippen MR) is 54.7 cm³/mol. The molecule has 0 unspecified atom stereocenters. The van der Waals surface area contributed by atoms with E-state index >= 15 is 0 Å². The van der Waals surface area contributed by atoms with Crippen LogP contribution in [0.5, 0.6) is 0 Å². The van der Waals surface area contributed by atoms with Crippen LogP contribution in [0.1, 0.15) is 0 Å². The van der Waals surface area contributed by atoms with Gasteiger partial charge in [-0.25, -0.2) is 8.78 Å². The average Bonchev–Trinajstić information content (AvgIpc) is 2.50. The Morgan fingerprint density at radius 2 is 1.57 bits per heavy atom. The van der Waals surface area contributed by atoms with Crippen LogP contribution in [0.2, 0.25) is 4.34 Å². The second-order valence-electron chi connectivity index (χ2n) is 2.80. The Bertz CT molecular complexity index is 445. The summed E-state index contributed by atoms with van der Waals surface area (Å²) >= 11 is 7.05. The third-order valence-corrected chi connectivity index (χ3v) is 2.85. The first-order valence-electron chi connectivity index (χ1n) is 3.85. The van der Waals surface area contributed by atoms with Crippen molar-refractivity contribution < 1.29 is 8.78 Å². The standard InChI is InChI=1S/C10H5ClF2S/c11-10-3-7(5-14-10)6-1-8(12)4-9(13)2-6/h1-5H. The van der Waals surface area contributed by atoms with Gasteiger partial charge in [-0.3, -0.25) is 0 Å². The molecule has 1 aromatic carbocycles. The smallest absolute Gasteiger partial charge is 0.126 e. The van der Waals surface area contributed by atoms with Crippen molar-refractivity contribution in [2.45, 2.75) is 0 Å². The summed E-state index contributed by atoms with van der Waals surface area (Å²) in [5.74, 6) is -1.16. The Balaban J connectivity index is 2.51.